The fourth-order valence-electron chi connectivity index (χ4n) is 3.47. The standard InChI is InChI=1S/C18H26O3S/c1-3-5-11-18(12-6-4-2)13-7-8-15-14-16(22(19,20)21)9-10-17(15)18/h7-10,14H,3-6,11-13H2,1-2H3,(H,19,20,21). The van der Waals surface area contributed by atoms with Crippen LogP contribution in [0, 0.1) is 0 Å². The molecule has 1 aromatic carbocycles. The van der Waals surface area contributed by atoms with Crippen molar-refractivity contribution in [3.63, 3.8) is 0 Å². The zero-order valence-electron chi connectivity index (χ0n) is 13.5. The highest BCUT2D eigenvalue weighted by Gasteiger charge is 2.34. The Morgan fingerprint density at radius 2 is 1.77 bits per heavy atom. The third-order valence-corrected chi connectivity index (χ3v) is 5.57. The second-order valence-electron chi connectivity index (χ2n) is 6.32. The second-order valence-corrected chi connectivity index (χ2v) is 7.74. The molecule has 0 bridgehead atoms. The van der Waals surface area contributed by atoms with Gasteiger partial charge in [0.2, 0.25) is 0 Å². The fraction of sp³-hybridized carbons (Fsp3) is 0.556. The molecule has 4 heteroatoms. The van der Waals surface area contributed by atoms with Crippen LogP contribution in [0.2, 0.25) is 0 Å². The average Bonchev–Trinajstić information content (AvgIpc) is 2.50. The quantitative estimate of drug-likeness (QED) is 0.721. The molecule has 1 aromatic rings. The minimum atomic E-state index is -4.14. The van der Waals surface area contributed by atoms with Crippen molar-refractivity contribution in [2.45, 2.75) is 69.1 Å². The van der Waals surface area contributed by atoms with Crippen molar-refractivity contribution in [3.05, 3.63) is 35.4 Å². The monoisotopic (exact) mass is 322 g/mol. The van der Waals surface area contributed by atoms with E-state index in [9.17, 15) is 13.0 Å². The Morgan fingerprint density at radius 1 is 1.14 bits per heavy atom. The SMILES string of the molecule is CCCCC1(CCCC)CC=Cc2cc(S(=O)(=O)O)ccc21. The maximum Gasteiger partial charge on any atom is 0.294 e. The van der Waals surface area contributed by atoms with Crippen LogP contribution in [-0.2, 0) is 15.5 Å². The van der Waals surface area contributed by atoms with E-state index < -0.39 is 10.1 Å². The Labute approximate surface area is 134 Å². The van der Waals surface area contributed by atoms with Gasteiger partial charge in [-0.1, -0.05) is 57.7 Å². The van der Waals surface area contributed by atoms with Crippen LogP contribution in [0.5, 0.6) is 0 Å². The molecule has 0 aromatic heterocycles. The zero-order chi connectivity index (χ0) is 16.2. The minimum Gasteiger partial charge on any atom is -0.282 e. The van der Waals surface area contributed by atoms with Gasteiger partial charge in [0.1, 0.15) is 0 Å². The van der Waals surface area contributed by atoms with Crippen LogP contribution < -0.4 is 0 Å². The molecule has 122 valence electrons. The third-order valence-electron chi connectivity index (χ3n) is 4.72. The predicted octanol–water partition coefficient (Wildman–Crippen LogP) is 4.97. The first-order valence-electron chi connectivity index (χ1n) is 8.21. The predicted molar refractivity (Wildman–Crippen MR) is 90.6 cm³/mol. The molecular weight excluding hydrogens is 296 g/mol. The Bertz CT molecular complexity index is 636. The van der Waals surface area contributed by atoms with E-state index in [1.54, 1.807) is 12.1 Å². The Balaban J connectivity index is 2.46. The molecule has 1 aliphatic carbocycles. The summed E-state index contributed by atoms with van der Waals surface area (Å²) in [5, 5.41) is 0. The minimum absolute atomic E-state index is 0.0160. The van der Waals surface area contributed by atoms with Crippen LogP contribution in [0.3, 0.4) is 0 Å². The van der Waals surface area contributed by atoms with Gasteiger partial charge in [-0.3, -0.25) is 4.55 Å². The number of benzene rings is 1. The zero-order valence-corrected chi connectivity index (χ0v) is 14.3. The Morgan fingerprint density at radius 3 is 2.32 bits per heavy atom. The van der Waals surface area contributed by atoms with Gasteiger partial charge < -0.3 is 0 Å². The topological polar surface area (TPSA) is 54.4 Å². The molecule has 3 nitrogen and oxygen atoms in total. The summed E-state index contributed by atoms with van der Waals surface area (Å²) in [5.74, 6) is 0. The third kappa shape index (κ3) is 3.61. The van der Waals surface area contributed by atoms with Crippen molar-refractivity contribution in [2.75, 3.05) is 0 Å². The summed E-state index contributed by atoms with van der Waals surface area (Å²) in [5.41, 5.74) is 2.30. The van der Waals surface area contributed by atoms with Gasteiger partial charge in [-0.2, -0.15) is 8.42 Å². The molecule has 1 aliphatic rings. The molecule has 0 saturated carbocycles. The average molecular weight is 322 g/mol. The molecule has 0 unspecified atom stereocenters. The molecule has 2 rings (SSSR count). The Kier molecular flexibility index (Phi) is 5.45. The summed E-state index contributed by atoms with van der Waals surface area (Å²) in [7, 11) is -4.14. The van der Waals surface area contributed by atoms with E-state index in [1.807, 2.05) is 12.1 Å². The van der Waals surface area contributed by atoms with Gasteiger partial charge in [0, 0.05) is 0 Å². The van der Waals surface area contributed by atoms with Gasteiger partial charge in [-0.25, -0.2) is 0 Å². The number of fused-ring (bicyclic) bond motifs is 1. The molecular formula is C18H26O3S. The highest BCUT2D eigenvalue weighted by molar-refractivity contribution is 7.85. The maximum atomic E-state index is 11.4. The maximum absolute atomic E-state index is 11.4. The van der Waals surface area contributed by atoms with Crippen molar-refractivity contribution in [2.24, 2.45) is 0 Å². The van der Waals surface area contributed by atoms with E-state index in [0.29, 0.717) is 0 Å². The van der Waals surface area contributed by atoms with Crippen LogP contribution in [-0.4, -0.2) is 13.0 Å². The van der Waals surface area contributed by atoms with Crippen LogP contribution >= 0.6 is 0 Å². The van der Waals surface area contributed by atoms with Crippen molar-refractivity contribution in [1.82, 2.24) is 0 Å². The van der Waals surface area contributed by atoms with E-state index in [-0.39, 0.29) is 10.3 Å². The summed E-state index contributed by atoms with van der Waals surface area (Å²) in [6, 6.07) is 5.06. The summed E-state index contributed by atoms with van der Waals surface area (Å²) < 4.78 is 32.0. The van der Waals surface area contributed by atoms with E-state index in [1.165, 1.54) is 18.4 Å². The molecule has 0 fully saturated rings. The van der Waals surface area contributed by atoms with E-state index in [0.717, 1.165) is 37.7 Å². The van der Waals surface area contributed by atoms with Crippen LogP contribution in [0.4, 0.5) is 0 Å². The van der Waals surface area contributed by atoms with Crippen molar-refractivity contribution >= 4 is 16.2 Å². The lowest BCUT2D eigenvalue weighted by Crippen LogP contribution is -2.28. The molecule has 0 amide bonds. The molecule has 0 radical (unpaired) electrons. The number of hydrogen-bond donors (Lipinski definition) is 1. The second kappa shape index (κ2) is 6.97. The fourth-order valence-corrected chi connectivity index (χ4v) is 3.99. The van der Waals surface area contributed by atoms with Crippen molar-refractivity contribution in [1.29, 1.82) is 0 Å². The van der Waals surface area contributed by atoms with Gasteiger partial charge in [0.15, 0.2) is 0 Å². The van der Waals surface area contributed by atoms with Crippen LogP contribution in [0.15, 0.2) is 29.2 Å². The van der Waals surface area contributed by atoms with E-state index in [4.69, 9.17) is 0 Å². The smallest absolute Gasteiger partial charge is 0.282 e. The lowest BCUT2D eigenvalue weighted by Gasteiger charge is -2.37. The van der Waals surface area contributed by atoms with Crippen LogP contribution in [0.25, 0.3) is 6.08 Å². The summed E-state index contributed by atoms with van der Waals surface area (Å²) in [4.78, 5) is -0.0160. The Hall–Kier alpha value is -1.13. The van der Waals surface area contributed by atoms with Gasteiger partial charge in [-0.05, 0) is 47.9 Å². The summed E-state index contributed by atoms with van der Waals surface area (Å²) >= 11 is 0. The molecule has 0 saturated heterocycles. The van der Waals surface area contributed by atoms with Crippen molar-refractivity contribution < 1.29 is 13.0 Å². The molecule has 0 aliphatic heterocycles. The van der Waals surface area contributed by atoms with Gasteiger partial charge in [0.05, 0.1) is 4.90 Å². The first-order valence-corrected chi connectivity index (χ1v) is 9.65. The number of unbranched alkanes of at least 4 members (excludes halogenated alkanes) is 2. The van der Waals surface area contributed by atoms with E-state index in [2.05, 4.69) is 19.9 Å². The number of hydrogen-bond acceptors (Lipinski definition) is 2. The molecule has 0 heterocycles. The number of rotatable bonds is 7. The first kappa shape index (κ1) is 17.2. The lowest BCUT2D eigenvalue weighted by molar-refractivity contribution is 0.341. The van der Waals surface area contributed by atoms with Gasteiger partial charge >= 0.3 is 0 Å². The summed E-state index contributed by atoms with van der Waals surface area (Å²) in [6.07, 6.45) is 12.1. The molecule has 0 atom stereocenters. The highest BCUT2D eigenvalue weighted by Crippen LogP contribution is 2.44. The van der Waals surface area contributed by atoms with Crippen molar-refractivity contribution in [3.8, 4) is 0 Å². The molecule has 1 N–H and O–H groups in total. The largest absolute Gasteiger partial charge is 0.294 e. The lowest BCUT2D eigenvalue weighted by atomic mass is 9.67. The van der Waals surface area contributed by atoms with Gasteiger partial charge in [-0.15, -0.1) is 0 Å². The summed E-state index contributed by atoms with van der Waals surface area (Å²) in [6.45, 7) is 4.41. The first-order chi connectivity index (χ1) is 10.4. The molecule has 0 spiro atoms. The van der Waals surface area contributed by atoms with Gasteiger partial charge in [0.25, 0.3) is 10.1 Å². The van der Waals surface area contributed by atoms with E-state index >= 15 is 0 Å². The highest BCUT2D eigenvalue weighted by atomic mass is 32.2. The van der Waals surface area contributed by atoms with Crippen LogP contribution in [0.1, 0.15) is 69.9 Å². The normalized spacial score (nSPS) is 16.5. The number of allylic oxidation sites excluding steroid dienone is 1. The molecule has 22 heavy (non-hydrogen) atoms.